The highest BCUT2D eigenvalue weighted by Gasteiger charge is 2.34. The maximum Gasteiger partial charge on any atom is 0.443 e. The molecule has 6 heteroatoms. The van der Waals surface area contributed by atoms with Gasteiger partial charge in [-0.05, 0) is 6.92 Å². The molecule has 1 heterocycles. The van der Waals surface area contributed by atoms with Crippen LogP contribution < -0.4 is 5.73 Å². The van der Waals surface area contributed by atoms with E-state index in [9.17, 15) is 13.2 Å². The van der Waals surface area contributed by atoms with E-state index in [0.29, 0.717) is 23.5 Å². The summed E-state index contributed by atoms with van der Waals surface area (Å²) in [6.07, 6.45) is -3.95. The molecule has 0 bridgehead atoms. The number of thiazole rings is 1. The van der Waals surface area contributed by atoms with Gasteiger partial charge in [0.2, 0.25) is 0 Å². The van der Waals surface area contributed by atoms with E-state index in [-0.39, 0.29) is 6.04 Å². The third kappa shape index (κ3) is 2.96. The van der Waals surface area contributed by atoms with Gasteiger partial charge in [-0.3, -0.25) is 0 Å². The van der Waals surface area contributed by atoms with E-state index in [4.69, 9.17) is 5.73 Å². The van der Waals surface area contributed by atoms with Crippen molar-refractivity contribution in [2.24, 2.45) is 5.73 Å². The topological polar surface area (TPSA) is 38.9 Å². The maximum absolute atomic E-state index is 12.1. The zero-order valence-corrected chi connectivity index (χ0v) is 7.75. The molecule has 0 radical (unpaired) electrons. The Morgan fingerprint density at radius 3 is 2.62 bits per heavy atom. The van der Waals surface area contributed by atoms with Crippen molar-refractivity contribution in [3.05, 3.63) is 16.1 Å². The van der Waals surface area contributed by atoms with Gasteiger partial charge < -0.3 is 5.73 Å². The number of alkyl halides is 3. The molecule has 0 amide bonds. The second-order valence-electron chi connectivity index (χ2n) is 2.82. The van der Waals surface area contributed by atoms with Crippen LogP contribution in [0.5, 0.6) is 0 Å². The summed E-state index contributed by atoms with van der Waals surface area (Å²) in [5.74, 6) is 0. The monoisotopic (exact) mass is 210 g/mol. The molecule has 0 saturated carbocycles. The molecule has 13 heavy (non-hydrogen) atoms. The van der Waals surface area contributed by atoms with Crippen LogP contribution >= 0.6 is 11.3 Å². The van der Waals surface area contributed by atoms with Gasteiger partial charge in [-0.2, -0.15) is 13.2 Å². The van der Waals surface area contributed by atoms with E-state index in [1.165, 1.54) is 5.38 Å². The molecule has 1 unspecified atom stereocenters. The summed E-state index contributed by atoms with van der Waals surface area (Å²) in [5.41, 5.74) is 5.84. The van der Waals surface area contributed by atoms with Crippen LogP contribution in [0.4, 0.5) is 13.2 Å². The van der Waals surface area contributed by atoms with Gasteiger partial charge in [0.05, 0.1) is 5.69 Å². The van der Waals surface area contributed by atoms with E-state index in [1.807, 2.05) is 0 Å². The molecule has 0 spiro atoms. The smallest absolute Gasteiger partial charge is 0.328 e. The summed E-state index contributed by atoms with van der Waals surface area (Å²) in [4.78, 5) is 3.44. The van der Waals surface area contributed by atoms with Crippen LogP contribution in [0.15, 0.2) is 5.38 Å². The minimum atomic E-state index is -4.33. The Balaban J connectivity index is 2.75. The number of hydrogen-bond donors (Lipinski definition) is 1. The van der Waals surface area contributed by atoms with Gasteiger partial charge in [-0.1, -0.05) is 0 Å². The summed E-state index contributed by atoms with van der Waals surface area (Å²) in [6, 6.07) is -0.164. The van der Waals surface area contributed by atoms with E-state index < -0.39 is 11.2 Å². The van der Waals surface area contributed by atoms with Crippen molar-refractivity contribution in [2.45, 2.75) is 25.6 Å². The Kier molecular flexibility index (Phi) is 2.92. The number of aromatic nitrogens is 1. The number of hydrogen-bond acceptors (Lipinski definition) is 3. The van der Waals surface area contributed by atoms with Gasteiger partial charge >= 0.3 is 6.18 Å². The SMILES string of the molecule is CC(N)Cc1csc(C(F)(F)F)n1. The average molecular weight is 210 g/mol. The van der Waals surface area contributed by atoms with Crippen molar-refractivity contribution in [1.82, 2.24) is 4.98 Å². The number of rotatable bonds is 2. The summed E-state index contributed by atoms with van der Waals surface area (Å²) in [7, 11) is 0. The second-order valence-corrected chi connectivity index (χ2v) is 3.68. The van der Waals surface area contributed by atoms with E-state index in [0.717, 1.165) is 0 Å². The largest absolute Gasteiger partial charge is 0.443 e. The molecule has 1 rings (SSSR count). The summed E-state index contributed by atoms with van der Waals surface area (Å²) >= 11 is 0.607. The fraction of sp³-hybridized carbons (Fsp3) is 0.571. The molecule has 74 valence electrons. The van der Waals surface area contributed by atoms with Gasteiger partial charge in [0.25, 0.3) is 0 Å². The van der Waals surface area contributed by atoms with Crippen molar-refractivity contribution in [3.8, 4) is 0 Å². The summed E-state index contributed by atoms with van der Waals surface area (Å²) in [6.45, 7) is 1.73. The number of nitrogens with zero attached hydrogens (tertiary/aromatic N) is 1. The maximum atomic E-state index is 12.1. The average Bonchev–Trinajstić information content (AvgIpc) is 2.32. The molecule has 0 aliphatic heterocycles. The van der Waals surface area contributed by atoms with E-state index in [1.54, 1.807) is 6.92 Å². The second kappa shape index (κ2) is 3.63. The van der Waals surface area contributed by atoms with Gasteiger partial charge in [0.15, 0.2) is 5.01 Å². The molecule has 0 aliphatic carbocycles. The van der Waals surface area contributed by atoms with Crippen molar-refractivity contribution in [2.75, 3.05) is 0 Å². The summed E-state index contributed by atoms with van der Waals surface area (Å²) < 4.78 is 36.2. The fourth-order valence-corrected chi connectivity index (χ4v) is 1.56. The van der Waals surface area contributed by atoms with Crippen LogP contribution in [0.3, 0.4) is 0 Å². The van der Waals surface area contributed by atoms with Crippen LogP contribution in [0.1, 0.15) is 17.6 Å². The van der Waals surface area contributed by atoms with Gasteiger partial charge in [-0.15, -0.1) is 11.3 Å². The van der Waals surface area contributed by atoms with Crippen LogP contribution in [0.2, 0.25) is 0 Å². The lowest BCUT2D eigenvalue weighted by Crippen LogP contribution is -2.18. The van der Waals surface area contributed by atoms with E-state index in [2.05, 4.69) is 4.98 Å². The van der Waals surface area contributed by atoms with Crippen LogP contribution in [-0.2, 0) is 12.6 Å². The van der Waals surface area contributed by atoms with Crippen molar-refractivity contribution >= 4 is 11.3 Å². The highest BCUT2D eigenvalue weighted by atomic mass is 32.1. The van der Waals surface area contributed by atoms with Gasteiger partial charge in [0.1, 0.15) is 0 Å². The van der Waals surface area contributed by atoms with Crippen molar-refractivity contribution in [1.29, 1.82) is 0 Å². The zero-order chi connectivity index (χ0) is 10.1. The van der Waals surface area contributed by atoms with Crippen LogP contribution in [0, 0.1) is 0 Å². The molecule has 0 aromatic carbocycles. The molecule has 1 aromatic heterocycles. The first-order chi connectivity index (χ1) is 5.89. The lowest BCUT2D eigenvalue weighted by atomic mass is 10.2. The molecule has 2 nitrogen and oxygen atoms in total. The Bertz CT molecular complexity index is 280. The first kappa shape index (κ1) is 10.5. The highest BCUT2D eigenvalue weighted by Crippen LogP contribution is 2.31. The standard InChI is InChI=1S/C7H9F3N2S/c1-4(11)2-5-3-13-6(12-5)7(8,9)10/h3-4H,2,11H2,1H3. The third-order valence-electron chi connectivity index (χ3n) is 1.33. The Morgan fingerprint density at radius 2 is 2.23 bits per heavy atom. The molecular formula is C7H9F3N2S. The van der Waals surface area contributed by atoms with Crippen molar-refractivity contribution < 1.29 is 13.2 Å². The highest BCUT2D eigenvalue weighted by molar-refractivity contribution is 7.09. The molecular weight excluding hydrogens is 201 g/mol. The minimum absolute atomic E-state index is 0.164. The lowest BCUT2D eigenvalue weighted by Gasteiger charge is -2.01. The van der Waals surface area contributed by atoms with Crippen molar-refractivity contribution in [3.63, 3.8) is 0 Å². The van der Waals surface area contributed by atoms with Crippen LogP contribution in [0.25, 0.3) is 0 Å². The Hall–Kier alpha value is -0.620. The normalized spacial score (nSPS) is 14.5. The Morgan fingerprint density at radius 1 is 1.62 bits per heavy atom. The van der Waals surface area contributed by atoms with Gasteiger partial charge in [0, 0.05) is 17.8 Å². The lowest BCUT2D eigenvalue weighted by molar-refractivity contribution is -0.137. The molecule has 0 fully saturated rings. The molecule has 2 N–H and O–H groups in total. The quantitative estimate of drug-likeness (QED) is 0.811. The first-order valence-electron chi connectivity index (χ1n) is 3.67. The summed E-state index contributed by atoms with van der Waals surface area (Å²) in [5, 5.41) is 0.592. The third-order valence-corrected chi connectivity index (χ3v) is 2.26. The predicted molar refractivity (Wildman–Crippen MR) is 44.5 cm³/mol. The van der Waals surface area contributed by atoms with E-state index >= 15 is 0 Å². The minimum Gasteiger partial charge on any atom is -0.328 e. The number of nitrogens with two attached hydrogens (primary N) is 1. The molecule has 1 atom stereocenters. The molecule has 1 aromatic rings. The van der Waals surface area contributed by atoms with Crippen LogP contribution in [-0.4, -0.2) is 11.0 Å². The molecule has 0 saturated heterocycles. The number of halogens is 3. The van der Waals surface area contributed by atoms with Gasteiger partial charge in [-0.25, -0.2) is 4.98 Å². The fourth-order valence-electron chi connectivity index (χ4n) is 0.861. The predicted octanol–water partition coefficient (Wildman–Crippen LogP) is 2.05. The molecule has 0 aliphatic rings. The first-order valence-corrected chi connectivity index (χ1v) is 4.54. The Labute approximate surface area is 77.6 Å². The zero-order valence-electron chi connectivity index (χ0n) is 6.93.